The lowest BCUT2D eigenvalue weighted by molar-refractivity contribution is 0.314. The zero-order valence-electron chi connectivity index (χ0n) is 15.2. The lowest BCUT2D eigenvalue weighted by atomic mass is 9.95. The molecule has 1 aliphatic heterocycles. The zero-order valence-corrected chi connectivity index (χ0v) is 16.0. The van der Waals surface area contributed by atoms with Gasteiger partial charge in [-0.25, -0.2) is 17.7 Å². The standard InChI is InChI=1S/C20H22N4O2S/c1-27(25,26)23-12-5-8-17(15-23)19-14-18(9-10-21-19)24-13-11-22-20(24)16-6-3-2-4-7-16/h2-4,6-7,9-11,13-14,17H,5,8,12,15H2,1H3. The molecular weight excluding hydrogens is 360 g/mol. The first kappa shape index (κ1) is 17.9. The summed E-state index contributed by atoms with van der Waals surface area (Å²) in [5, 5.41) is 0. The molecule has 7 heteroatoms. The Balaban J connectivity index is 1.66. The van der Waals surface area contributed by atoms with Gasteiger partial charge in [0.1, 0.15) is 5.82 Å². The van der Waals surface area contributed by atoms with Gasteiger partial charge in [0.25, 0.3) is 0 Å². The predicted molar refractivity (Wildman–Crippen MR) is 105 cm³/mol. The second-order valence-corrected chi connectivity index (χ2v) is 8.87. The molecule has 0 amide bonds. The number of nitrogens with zero attached hydrogens (tertiary/aromatic N) is 4. The Bertz CT molecular complexity index is 1030. The minimum absolute atomic E-state index is 0.108. The van der Waals surface area contributed by atoms with Gasteiger partial charge in [0.2, 0.25) is 10.0 Å². The van der Waals surface area contributed by atoms with Gasteiger partial charge >= 0.3 is 0 Å². The van der Waals surface area contributed by atoms with Crippen LogP contribution in [0.4, 0.5) is 0 Å². The van der Waals surface area contributed by atoms with E-state index in [-0.39, 0.29) is 5.92 Å². The number of hydrogen-bond acceptors (Lipinski definition) is 4. The second kappa shape index (κ2) is 7.25. The number of hydrogen-bond donors (Lipinski definition) is 0. The highest BCUT2D eigenvalue weighted by Crippen LogP contribution is 2.29. The van der Waals surface area contributed by atoms with Crippen molar-refractivity contribution in [3.8, 4) is 17.1 Å². The average molecular weight is 382 g/mol. The van der Waals surface area contributed by atoms with Crippen LogP contribution in [-0.2, 0) is 10.0 Å². The average Bonchev–Trinajstić information content (AvgIpc) is 3.18. The largest absolute Gasteiger partial charge is 0.300 e. The summed E-state index contributed by atoms with van der Waals surface area (Å²) in [7, 11) is -3.17. The first-order valence-electron chi connectivity index (χ1n) is 9.02. The van der Waals surface area contributed by atoms with Crippen molar-refractivity contribution in [3.05, 3.63) is 66.7 Å². The van der Waals surface area contributed by atoms with Gasteiger partial charge in [-0.1, -0.05) is 30.3 Å². The number of sulfonamides is 1. The molecule has 1 fully saturated rings. The van der Waals surface area contributed by atoms with E-state index in [0.29, 0.717) is 13.1 Å². The van der Waals surface area contributed by atoms with Crippen molar-refractivity contribution in [2.24, 2.45) is 0 Å². The van der Waals surface area contributed by atoms with Crippen molar-refractivity contribution in [2.75, 3.05) is 19.3 Å². The Morgan fingerprint density at radius 1 is 1.07 bits per heavy atom. The van der Waals surface area contributed by atoms with Crippen molar-refractivity contribution < 1.29 is 8.42 Å². The molecule has 1 atom stereocenters. The third-order valence-corrected chi connectivity index (χ3v) is 6.26. The van der Waals surface area contributed by atoms with E-state index in [1.165, 1.54) is 6.26 Å². The molecule has 0 saturated carbocycles. The molecule has 27 heavy (non-hydrogen) atoms. The number of aromatic nitrogens is 3. The molecule has 3 heterocycles. The third kappa shape index (κ3) is 3.79. The van der Waals surface area contributed by atoms with Crippen LogP contribution in [0.1, 0.15) is 24.5 Å². The van der Waals surface area contributed by atoms with Crippen molar-refractivity contribution >= 4 is 10.0 Å². The van der Waals surface area contributed by atoms with Gasteiger partial charge in [0.05, 0.1) is 11.9 Å². The molecule has 1 saturated heterocycles. The normalized spacial score (nSPS) is 18.5. The summed E-state index contributed by atoms with van der Waals surface area (Å²) in [6.45, 7) is 1.08. The van der Waals surface area contributed by atoms with Crippen LogP contribution in [0.25, 0.3) is 17.1 Å². The van der Waals surface area contributed by atoms with Gasteiger partial charge in [-0.05, 0) is 25.0 Å². The van der Waals surface area contributed by atoms with Gasteiger partial charge in [0, 0.05) is 48.9 Å². The molecule has 0 radical (unpaired) electrons. The highest BCUT2D eigenvalue weighted by molar-refractivity contribution is 7.88. The molecule has 0 N–H and O–H groups in total. The second-order valence-electron chi connectivity index (χ2n) is 6.89. The Morgan fingerprint density at radius 2 is 1.89 bits per heavy atom. The van der Waals surface area contributed by atoms with Gasteiger partial charge in [-0.3, -0.25) is 9.55 Å². The third-order valence-electron chi connectivity index (χ3n) is 4.99. The summed E-state index contributed by atoms with van der Waals surface area (Å²) in [4.78, 5) is 9.04. The van der Waals surface area contributed by atoms with E-state index >= 15 is 0 Å². The first-order valence-corrected chi connectivity index (χ1v) is 10.9. The molecule has 0 spiro atoms. The van der Waals surface area contributed by atoms with Gasteiger partial charge < -0.3 is 0 Å². The Hall–Kier alpha value is -2.51. The number of benzene rings is 1. The van der Waals surface area contributed by atoms with E-state index in [9.17, 15) is 8.42 Å². The maximum absolute atomic E-state index is 11.9. The number of piperidine rings is 1. The molecule has 3 aromatic rings. The fraction of sp³-hybridized carbons (Fsp3) is 0.300. The highest BCUT2D eigenvalue weighted by atomic mass is 32.2. The Kier molecular flexibility index (Phi) is 4.80. The fourth-order valence-corrected chi connectivity index (χ4v) is 4.52. The van der Waals surface area contributed by atoms with Crippen molar-refractivity contribution in [2.45, 2.75) is 18.8 Å². The smallest absolute Gasteiger partial charge is 0.211 e. The first-order chi connectivity index (χ1) is 13.0. The predicted octanol–water partition coefficient (Wildman–Crippen LogP) is 3.07. The Labute approximate surface area is 159 Å². The van der Waals surface area contributed by atoms with Crippen LogP contribution in [0.5, 0.6) is 0 Å². The molecule has 0 bridgehead atoms. The van der Waals surface area contributed by atoms with Crippen LogP contribution in [0.3, 0.4) is 0 Å². The van der Waals surface area contributed by atoms with E-state index in [0.717, 1.165) is 35.6 Å². The van der Waals surface area contributed by atoms with Crippen LogP contribution in [0.15, 0.2) is 61.1 Å². The molecule has 4 rings (SSSR count). The molecule has 1 aromatic carbocycles. The van der Waals surface area contributed by atoms with Crippen LogP contribution in [-0.4, -0.2) is 46.6 Å². The summed E-state index contributed by atoms with van der Waals surface area (Å²) < 4.78 is 27.4. The quantitative estimate of drug-likeness (QED) is 0.695. The van der Waals surface area contributed by atoms with Crippen molar-refractivity contribution in [1.82, 2.24) is 18.8 Å². The van der Waals surface area contributed by atoms with Crippen LogP contribution >= 0.6 is 0 Å². The fourth-order valence-electron chi connectivity index (χ4n) is 3.61. The van der Waals surface area contributed by atoms with E-state index in [1.807, 2.05) is 53.2 Å². The maximum Gasteiger partial charge on any atom is 0.211 e. The SMILES string of the molecule is CS(=O)(=O)N1CCCC(c2cc(-n3ccnc3-c3ccccc3)ccn2)C1. The van der Waals surface area contributed by atoms with Crippen LogP contribution in [0, 0.1) is 0 Å². The number of rotatable bonds is 4. The van der Waals surface area contributed by atoms with Gasteiger partial charge in [0.15, 0.2) is 0 Å². The molecule has 140 valence electrons. The van der Waals surface area contributed by atoms with E-state index in [4.69, 9.17) is 0 Å². The number of pyridine rings is 1. The van der Waals surface area contributed by atoms with E-state index < -0.39 is 10.0 Å². The summed E-state index contributed by atoms with van der Waals surface area (Å²) in [5.74, 6) is 0.978. The number of imidazole rings is 1. The summed E-state index contributed by atoms with van der Waals surface area (Å²) in [5.41, 5.74) is 2.95. The van der Waals surface area contributed by atoms with Crippen molar-refractivity contribution in [3.63, 3.8) is 0 Å². The van der Waals surface area contributed by atoms with E-state index in [1.54, 1.807) is 16.7 Å². The topological polar surface area (TPSA) is 68.1 Å². The summed E-state index contributed by atoms with van der Waals surface area (Å²) in [6.07, 6.45) is 8.58. The maximum atomic E-state index is 11.9. The Morgan fingerprint density at radius 3 is 2.67 bits per heavy atom. The van der Waals surface area contributed by atoms with Crippen LogP contribution < -0.4 is 0 Å². The summed E-state index contributed by atoms with van der Waals surface area (Å²) in [6, 6.07) is 14.0. The highest BCUT2D eigenvalue weighted by Gasteiger charge is 2.27. The monoisotopic (exact) mass is 382 g/mol. The van der Waals surface area contributed by atoms with Gasteiger partial charge in [-0.2, -0.15) is 0 Å². The molecular formula is C20H22N4O2S. The summed E-state index contributed by atoms with van der Waals surface area (Å²) >= 11 is 0. The molecule has 1 aliphatic rings. The lowest BCUT2D eigenvalue weighted by Crippen LogP contribution is -2.38. The van der Waals surface area contributed by atoms with E-state index in [2.05, 4.69) is 9.97 Å². The molecule has 2 aromatic heterocycles. The lowest BCUT2D eigenvalue weighted by Gasteiger charge is -2.30. The molecule has 6 nitrogen and oxygen atoms in total. The van der Waals surface area contributed by atoms with Gasteiger partial charge in [-0.15, -0.1) is 0 Å². The van der Waals surface area contributed by atoms with Crippen LogP contribution in [0.2, 0.25) is 0 Å². The minimum atomic E-state index is -3.17. The van der Waals surface area contributed by atoms with Crippen molar-refractivity contribution in [1.29, 1.82) is 0 Å². The minimum Gasteiger partial charge on any atom is -0.300 e. The zero-order chi connectivity index (χ0) is 18.9. The molecule has 1 unspecified atom stereocenters. The molecule has 0 aliphatic carbocycles.